The lowest BCUT2D eigenvalue weighted by molar-refractivity contribution is -0.145. The Balaban J connectivity index is 1.53. The van der Waals surface area contributed by atoms with Crippen LogP contribution in [0, 0.1) is 22.7 Å². The van der Waals surface area contributed by atoms with E-state index in [2.05, 4.69) is 22.0 Å². The molecular formula is C28H36FN5O4S. The van der Waals surface area contributed by atoms with Crippen LogP contribution in [0.1, 0.15) is 52.9 Å². The summed E-state index contributed by atoms with van der Waals surface area (Å²) in [6.07, 6.45) is 1.39. The summed E-state index contributed by atoms with van der Waals surface area (Å²) in [6.45, 7) is 6.15. The van der Waals surface area contributed by atoms with Gasteiger partial charge in [0.25, 0.3) is 5.91 Å². The number of amides is 4. The molecule has 0 spiro atoms. The average molecular weight is 558 g/mol. The summed E-state index contributed by atoms with van der Waals surface area (Å²) in [7, 11) is 0. The summed E-state index contributed by atoms with van der Waals surface area (Å²) in [5.41, 5.74) is -2.68. The third-order valence-electron chi connectivity index (χ3n) is 7.53. The van der Waals surface area contributed by atoms with Crippen LogP contribution in [0.3, 0.4) is 0 Å². The van der Waals surface area contributed by atoms with Crippen molar-refractivity contribution in [3.05, 3.63) is 30.3 Å². The van der Waals surface area contributed by atoms with Crippen LogP contribution in [-0.4, -0.2) is 70.7 Å². The van der Waals surface area contributed by atoms with E-state index in [-0.39, 0.29) is 42.9 Å². The van der Waals surface area contributed by atoms with Gasteiger partial charge in [0.05, 0.1) is 6.07 Å². The Morgan fingerprint density at radius 1 is 1.23 bits per heavy atom. The summed E-state index contributed by atoms with van der Waals surface area (Å²) in [5, 5.41) is 17.7. The fourth-order valence-electron chi connectivity index (χ4n) is 5.04. The number of nitrogens with zero attached hydrogens (tertiary/aromatic N) is 2. The van der Waals surface area contributed by atoms with Crippen molar-refractivity contribution >= 4 is 35.4 Å². The number of nitriles is 1. The fourth-order valence-corrected chi connectivity index (χ4v) is 6.26. The Labute approximate surface area is 232 Å². The molecule has 39 heavy (non-hydrogen) atoms. The van der Waals surface area contributed by atoms with Gasteiger partial charge in [0.15, 0.2) is 5.67 Å². The number of hydrogen-bond acceptors (Lipinski definition) is 6. The number of rotatable bonds is 9. The number of alkyl halides is 1. The first-order valence-corrected chi connectivity index (χ1v) is 14.3. The van der Waals surface area contributed by atoms with E-state index in [1.54, 1.807) is 32.5 Å². The first-order chi connectivity index (χ1) is 18.4. The number of benzene rings is 1. The molecule has 1 saturated carbocycles. The zero-order chi connectivity index (χ0) is 28.4. The van der Waals surface area contributed by atoms with Crippen molar-refractivity contribution in [3.8, 4) is 6.07 Å². The Kier molecular flexibility index (Phi) is 8.54. The van der Waals surface area contributed by atoms with E-state index in [9.17, 15) is 28.8 Å². The van der Waals surface area contributed by atoms with Gasteiger partial charge in [-0.2, -0.15) is 5.26 Å². The third kappa shape index (κ3) is 6.90. The molecule has 4 amide bonds. The second-order valence-electron chi connectivity index (χ2n) is 11.7. The number of hydrogen-bond donors (Lipinski definition) is 3. The Morgan fingerprint density at radius 2 is 1.92 bits per heavy atom. The SMILES string of the molecule is CC(C)(C)[C@H](NC(=O)C1(F)CC1)C(=O)N1C[C@H](Sc2ccccc2)C[C@H]1C(=O)N[C@H](C#N)C[C@@H]1CCNC1=O. The van der Waals surface area contributed by atoms with E-state index in [4.69, 9.17) is 0 Å². The van der Waals surface area contributed by atoms with Gasteiger partial charge in [0, 0.05) is 29.2 Å². The zero-order valence-corrected chi connectivity index (χ0v) is 23.4. The van der Waals surface area contributed by atoms with Crippen molar-refractivity contribution in [3.63, 3.8) is 0 Å². The van der Waals surface area contributed by atoms with E-state index in [0.29, 0.717) is 19.4 Å². The van der Waals surface area contributed by atoms with Gasteiger partial charge in [0.2, 0.25) is 17.7 Å². The Morgan fingerprint density at radius 3 is 2.49 bits per heavy atom. The second kappa shape index (κ2) is 11.5. The standard InChI is InChI=1S/C28H36FN5O4S/c1-27(2,3)22(33-26(38)28(29)10-11-28)25(37)34-16-20(39-19-7-5-4-6-8-19)14-21(34)24(36)32-18(15-30)13-17-9-12-31-23(17)35/h4-8,17-18,20-22H,9-14,16H2,1-3H3,(H,31,35)(H,32,36)(H,33,38)/t17-,18-,20+,21-,22+/m0/s1. The summed E-state index contributed by atoms with van der Waals surface area (Å²) < 4.78 is 14.5. The number of carbonyl (C=O) groups excluding carboxylic acids is 4. The molecule has 9 nitrogen and oxygen atoms in total. The highest BCUT2D eigenvalue weighted by Gasteiger charge is 2.53. The van der Waals surface area contributed by atoms with Gasteiger partial charge >= 0.3 is 0 Å². The molecule has 0 unspecified atom stereocenters. The lowest BCUT2D eigenvalue weighted by Crippen LogP contribution is -2.59. The molecule has 5 atom stereocenters. The second-order valence-corrected chi connectivity index (χ2v) is 13.1. The highest BCUT2D eigenvalue weighted by Crippen LogP contribution is 2.41. The summed E-state index contributed by atoms with van der Waals surface area (Å²) >= 11 is 1.55. The molecule has 3 fully saturated rings. The smallest absolute Gasteiger partial charge is 0.258 e. The molecule has 4 rings (SSSR count). The van der Waals surface area contributed by atoms with Crippen molar-refractivity contribution in [2.75, 3.05) is 13.1 Å². The van der Waals surface area contributed by atoms with E-state index in [1.165, 1.54) is 4.90 Å². The van der Waals surface area contributed by atoms with E-state index in [0.717, 1.165) is 4.90 Å². The van der Waals surface area contributed by atoms with Gasteiger partial charge in [-0.3, -0.25) is 19.2 Å². The maximum Gasteiger partial charge on any atom is 0.258 e. The van der Waals surface area contributed by atoms with Gasteiger partial charge in [0.1, 0.15) is 18.1 Å². The predicted octanol–water partition coefficient (Wildman–Crippen LogP) is 2.32. The minimum Gasteiger partial charge on any atom is -0.356 e. The molecule has 2 aliphatic heterocycles. The van der Waals surface area contributed by atoms with Crippen LogP contribution >= 0.6 is 11.8 Å². The van der Waals surface area contributed by atoms with Crippen LogP contribution < -0.4 is 16.0 Å². The molecular weight excluding hydrogens is 521 g/mol. The number of halogens is 1. The van der Waals surface area contributed by atoms with Crippen molar-refractivity contribution in [2.45, 2.75) is 86.8 Å². The van der Waals surface area contributed by atoms with Crippen LogP contribution in [0.4, 0.5) is 4.39 Å². The lowest BCUT2D eigenvalue weighted by atomic mass is 9.85. The molecule has 3 N–H and O–H groups in total. The normalized spacial score (nSPS) is 25.3. The van der Waals surface area contributed by atoms with E-state index >= 15 is 0 Å². The van der Waals surface area contributed by atoms with Gasteiger partial charge in [-0.15, -0.1) is 11.8 Å². The summed E-state index contributed by atoms with van der Waals surface area (Å²) in [4.78, 5) is 54.5. The number of carbonyl (C=O) groups is 4. The van der Waals surface area contributed by atoms with Crippen LogP contribution in [-0.2, 0) is 19.2 Å². The minimum absolute atomic E-state index is 0.111. The Hall–Kier alpha value is -3.13. The molecule has 1 aliphatic carbocycles. The quantitative estimate of drug-likeness (QED) is 0.427. The van der Waals surface area contributed by atoms with Gasteiger partial charge in [-0.05, 0) is 49.7 Å². The monoisotopic (exact) mass is 557 g/mol. The maximum atomic E-state index is 14.5. The van der Waals surface area contributed by atoms with Gasteiger partial charge < -0.3 is 20.9 Å². The molecule has 2 saturated heterocycles. The molecule has 3 aliphatic rings. The molecule has 0 radical (unpaired) electrons. The van der Waals surface area contributed by atoms with Gasteiger partial charge in [-0.25, -0.2) is 4.39 Å². The zero-order valence-electron chi connectivity index (χ0n) is 22.5. The van der Waals surface area contributed by atoms with Crippen LogP contribution in [0.5, 0.6) is 0 Å². The lowest BCUT2D eigenvalue weighted by Gasteiger charge is -2.36. The first kappa shape index (κ1) is 28.9. The van der Waals surface area contributed by atoms with Crippen molar-refractivity contribution in [2.24, 2.45) is 11.3 Å². The highest BCUT2D eigenvalue weighted by atomic mass is 32.2. The van der Waals surface area contributed by atoms with Crippen molar-refractivity contribution in [1.82, 2.24) is 20.9 Å². The molecule has 0 aromatic heterocycles. The molecule has 2 heterocycles. The van der Waals surface area contributed by atoms with Crippen LogP contribution in [0.2, 0.25) is 0 Å². The molecule has 210 valence electrons. The predicted molar refractivity (Wildman–Crippen MR) is 144 cm³/mol. The van der Waals surface area contributed by atoms with E-state index in [1.807, 2.05) is 30.3 Å². The van der Waals surface area contributed by atoms with Crippen molar-refractivity contribution in [1.29, 1.82) is 5.26 Å². The van der Waals surface area contributed by atoms with Crippen LogP contribution in [0.25, 0.3) is 0 Å². The molecule has 0 bridgehead atoms. The van der Waals surface area contributed by atoms with Crippen molar-refractivity contribution < 1.29 is 23.6 Å². The average Bonchev–Trinajstić information content (AvgIpc) is 3.30. The van der Waals surface area contributed by atoms with Crippen LogP contribution in [0.15, 0.2) is 35.2 Å². The third-order valence-corrected chi connectivity index (χ3v) is 8.75. The number of nitrogens with one attached hydrogen (secondary N) is 3. The number of thioether (sulfide) groups is 1. The maximum absolute atomic E-state index is 14.5. The largest absolute Gasteiger partial charge is 0.356 e. The molecule has 1 aromatic carbocycles. The van der Waals surface area contributed by atoms with E-state index < -0.39 is 46.9 Å². The Bertz CT molecular complexity index is 1150. The highest BCUT2D eigenvalue weighted by molar-refractivity contribution is 8.00. The number of likely N-dealkylation sites (tertiary alicyclic amines) is 1. The first-order valence-electron chi connectivity index (χ1n) is 13.4. The summed E-state index contributed by atoms with van der Waals surface area (Å²) in [5.74, 6) is -2.22. The summed E-state index contributed by atoms with van der Waals surface area (Å²) in [6, 6.07) is 8.92. The fraction of sp³-hybridized carbons (Fsp3) is 0.607. The topological polar surface area (TPSA) is 131 Å². The van der Waals surface area contributed by atoms with Gasteiger partial charge in [-0.1, -0.05) is 39.0 Å². The molecule has 11 heteroatoms. The molecule has 1 aromatic rings. The minimum atomic E-state index is -1.94.